The van der Waals surface area contributed by atoms with Gasteiger partial charge in [0.15, 0.2) is 11.3 Å². The van der Waals surface area contributed by atoms with Crippen molar-refractivity contribution in [2.75, 3.05) is 0 Å². The Morgan fingerprint density at radius 1 is 0.886 bits per heavy atom. The fourth-order valence-electron chi connectivity index (χ4n) is 4.23. The van der Waals surface area contributed by atoms with Crippen LogP contribution in [0.5, 0.6) is 5.75 Å². The van der Waals surface area contributed by atoms with Gasteiger partial charge in [0, 0.05) is 5.56 Å². The Kier molecular flexibility index (Phi) is 6.31. The van der Waals surface area contributed by atoms with E-state index in [2.05, 4.69) is 4.98 Å². The number of fused-ring (bicyclic) bond motifs is 1. The third-order valence-corrected chi connectivity index (χ3v) is 6.28. The minimum absolute atomic E-state index is 0.279. The molecule has 0 unspecified atom stereocenters. The molecule has 6 nitrogen and oxygen atoms in total. The molecule has 6 heteroatoms. The van der Waals surface area contributed by atoms with Gasteiger partial charge in [-0.15, -0.1) is 0 Å². The van der Waals surface area contributed by atoms with Crippen molar-refractivity contribution < 1.29 is 19.1 Å². The molecular weight excluding hydrogens is 442 g/mol. The van der Waals surface area contributed by atoms with Crippen LogP contribution in [0.15, 0.2) is 57.7 Å². The predicted molar refractivity (Wildman–Crippen MR) is 137 cm³/mol. The summed E-state index contributed by atoms with van der Waals surface area (Å²) in [6.07, 6.45) is 0. The maximum Gasteiger partial charge on any atom is 0.363 e. The Morgan fingerprint density at radius 3 is 2.23 bits per heavy atom. The van der Waals surface area contributed by atoms with Crippen LogP contribution in [0.1, 0.15) is 44.6 Å². The number of aliphatic hydroxyl groups is 1. The molecule has 4 aromatic rings. The molecule has 0 radical (unpaired) electrons. The van der Waals surface area contributed by atoms with Crippen LogP contribution in [0.2, 0.25) is 0 Å². The molecule has 0 bridgehead atoms. The molecule has 0 fully saturated rings. The average molecular weight is 470 g/mol. The molecule has 1 heterocycles. The Morgan fingerprint density at radius 2 is 1.54 bits per heavy atom. The fraction of sp³-hybridized carbons (Fsp3) is 0.207. The first-order chi connectivity index (χ1) is 16.6. The highest BCUT2D eigenvalue weighted by atomic mass is 16.5. The van der Waals surface area contributed by atoms with E-state index in [4.69, 9.17) is 9.15 Å². The minimum atomic E-state index is -0.898. The van der Waals surface area contributed by atoms with Crippen molar-refractivity contribution in [3.8, 4) is 5.75 Å². The molecule has 0 spiro atoms. The molecule has 0 amide bonds. The van der Waals surface area contributed by atoms with Crippen LogP contribution in [-0.4, -0.2) is 16.1 Å². The molecule has 4 rings (SSSR count). The molecule has 1 aromatic heterocycles. The van der Waals surface area contributed by atoms with Crippen molar-refractivity contribution in [1.29, 1.82) is 0 Å². The molecule has 0 atom stereocenters. The lowest BCUT2D eigenvalue weighted by molar-refractivity contribution is -0.128. The number of ether oxygens (including phenoxy) is 1. The number of hydrogen-bond donors (Lipinski definition) is 1. The van der Waals surface area contributed by atoms with Crippen molar-refractivity contribution >= 4 is 28.4 Å². The van der Waals surface area contributed by atoms with Gasteiger partial charge in [-0.25, -0.2) is 14.6 Å². The predicted octanol–water partition coefficient (Wildman–Crippen LogP) is 6.07. The number of carbonyl (C=O) groups excluding carboxylic acids is 1. The lowest BCUT2D eigenvalue weighted by atomic mass is 9.95. The highest BCUT2D eigenvalue weighted by molar-refractivity contribution is 6.23. The van der Waals surface area contributed by atoms with E-state index < -0.39 is 17.4 Å². The maximum atomic E-state index is 13.6. The zero-order valence-corrected chi connectivity index (χ0v) is 20.6. The Balaban J connectivity index is 1.97. The van der Waals surface area contributed by atoms with Gasteiger partial charge in [0.05, 0.1) is 0 Å². The first-order valence-corrected chi connectivity index (χ1v) is 11.3. The van der Waals surface area contributed by atoms with Crippen molar-refractivity contribution in [2.24, 2.45) is 0 Å². The van der Waals surface area contributed by atoms with Gasteiger partial charge in [-0.05, 0) is 81.5 Å². The van der Waals surface area contributed by atoms with Crippen LogP contribution in [0.4, 0.5) is 0 Å². The van der Waals surface area contributed by atoms with Crippen molar-refractivity contribution in [3.05, 3.63) is 104 Å². The quantitative estimate of drug-likeness (QED) is 0.169. The van der Waals surface area contributed by atoms with Crippen LogP contribution in [0, 0.1) is 41.5 Å². The highest BCUT2D eigenvalue weighted by Crippen LogP contribution is 2.31. The summed E-state index contributed by atoms with van der Waals surface area (Å²) in [7, 11) is 0. The molecule has 178 valence electrons. The topological polar surface area (TPSA) is 89.6 Å². The minimum Gasteiger partial charge on any atom is -0.506 e. The van der Waals surface area contributed by atoms with Gasteiger partial charge < -0.3 is 14.3 Å². The Hall–Kier alpha value is -4.19. The lowest BCUT2D eigenvalue weighted by Crippen LogP contribution is -2.20. The van der Waals surface area contributed by atoms with E-state index in [1.54, 1.807) is 30.3 Å². The van der Waals surface area contributed by atoms with Gasteiger partial charge in [0.1, 0.15) is 22.6 Å². The van der Waals surface area contributed by atoms with Crippen LogP contribution < -0.4 is 10.4 Å². The molecule has 0 saturated heterocycles. The number of para-hydroxylation sites is 2. The number of rotatable bonds is 4. The van der Waals surface area contributed by atoms with Crippen LogP contribution in [-0.2, 0) is 4.79 Å². The van der Waals surface area contributed by atoms with Gasteiger partial charge in [0.25, 0.3) is 0 Å². The number of carbonyl (C=O) groups is 1. The number of aromatic nitrogens is 1. The zero-order chi connectivity index (χ0) is 25.4. The number of esters is 1. The molecule has 0 aliphatic rings. The number of hydrogen-bond acceptors (Lipinski definition) is 6. The first-order valence-electron chi connectivity index (χ1n) is 11.3. The van der Waals surface area contributed by atoms with E-state index in [0.29, 0.717) is 16.8 Å². The van der Waals surface area contributed by atoms with E-state index >= 15 is 0 Å². The standard InChI is InChI=1S/C29H27NO5/c1-15-13-17(3)27(18(4)14-15)35-28(32)24(26(31)21-12-11-16(2)19(5)20(21)6)25-29(33)34-23-10-8-7-9-22(23)30-25/h7-14,31H,1-6H3. The van der Waals surface area contributed by atoms with E-state index in [1.165, 1.54) is 0 Å². The molecule has 1 N–H and O–H groups in total. The summed E-state index contributed by atoms with van der Waals surface area (Å²) in [5.74, 6) is -0.925. The number of aryl methyl sites for hydroxylation is 4. The third-order valence-electron chi connectivity index (χ3n) is 6.28. The molecule has 0 saturated carbocycles. The van der Waals surface area contributed by atoms with E-state index in [0.717, 1.165) is 33.4 Å². The normalized spacial score (nSPS) is 11.9. The van der Waals surface area contributed by atoms with Gasteiger partial charge in [-0.3, -0.25) is 0 Å². The zero-order valence-electron chi connectivity index (χ0n) is 20.6. The van der Waals surface area contributed by atoms with E-state index in [1.807, 2.05) is 59.7 Å². The number of aliphatic hydroxyl groups excluding tert-OH is 1. The van der Waals surface area contributed by atoms with Gasteiger partial charge in [0.2, 0.25) is 0 Å². The van der Waals surface area contributed by atoms with E-state index in [-0.39, 0.29) is 16.9 Å². The Bertz CT molecular complexity index is 1550. The monoisotopic (exact) mass is 469 g/mol. The van der Waals surface area contributed by atoms with Crippen LogP contribution in [0.3, 0.4) is 0 Å². The molecule has 3 aromatic carbocycles. The van der Waals surface area contributed by atoms with Crippen molar-refractivity contribution in [2.45, 2.75) is 41.5 Å². The maximum absolute atomic E-state index is 13.6. The van der Waals surface area contributed by atoms with Gasteiger partial charge >= 0.3 is 11.6 Å². The fourth-order valence-corrected chi connectivity index (χ4v) is 4.23. The molecule has 0 aliphatic heterocycles. The summed E-state index contributed by atoms with van der Waals surface area (Å²) in [6.45, 7) is 11.4. The second-order valence-corrected chi connectivity index (χ2v) is 8.84. The summed E-state index contributed by atoms with van der Waals surface area (Å²) in [5.41, 5.74) is 4.88. The summed E-state index contributed by atoms with van der Waals surface area (Å²) in [6, 6.07) is 14.1. The van der Waals surface area contributed by atoms with Gasteiger partial charge in [-0.2, -0.15) is 0 Å². The third kappa shape index (κ3) is 4.47. The number of nitrogens with zero attached hydrogens (tertiary/aromatic N) is 1. The first kappa shape index (κ1) is 24.0. The molecule has 35 heavy (non-hydrogen) atoms. The molecule has 0 aliphatic carbocycles. The van der Waals surface area contributed by atoms with Gasteiger partial charge in [-0.1, -0.05) is 42.0 Å². The van der Waals surface area contributed by atoms with Crippen LogP contribution >= 0.6 is 0 Å². The van der Waals surface area contributed by atoms with Crippen molar-refractivity contribution in [3.63, 3.8) is 0 Å². The van der Waals surface area contributed by atoms with Crippen LogP contribution in [0.25, 0.3) is 22.4 Å². The smallest absolute Gasteiger partial charge is 0.363 e. The van der Waals surface area contributed by atoms with E-state index in [9.17, 15) is 14.7 Å². The largest absolute Gasteiger partial charge is 0.506 e. The van der Waals surface area contributed by atoms with Crippen molar-refractivity contribution in [1.82, 2.24) is 4.98 Å². The second-order valence-electron chi connectivity index (χ2n) is 8.84. The second kappa shape index (κ2) is 9.22. The highest BCUT2D eigenvalue weighted by Gasteiger charge is 2.28. The summed E-state index contributed by atoms with van der Waals surface area (Å²) in [5, 5.41) is 11.4. The summed E-state index contributed by atoms with van der Waals surface area (Å²) >= 11 is 0. The average Bonchev–Trinajstić information content (AvgIpc) is 2.80. The summed E-state index contributed by atoms with van der Waals surface area (Å²) < 4.78 is 11.2. The number of benzene rings is 3. The SMILES string of the molecule is Cc1cc(C)c(OC(=O)C(=C(O)c2ccc(C)c(C)c2C)c2nc3ccccc3oc2=O)c(C)c1. The lowest BCUT2D eigenvalue weighted by Gasteiger charge is -2.16. The molecular formula is C29H27NO5. The summed E-state index contributed by atoms with van der Waals surface area (Å²) in [4.78, 5) is 31.0. The Labute approximate surface area is 203 Å².